The van der Waals surface area contributed by atoms with Gasteiger partial charge in [0.05, 0.1) is 7.11 Å². The Morgan fingerprint density at radius 2 is 2.29 bits per heavy atom. The monoisotopic (exact) mass is 238 g/mol. The van der Waals surface area contributed by atoms with Crippen LogP contribution in [0.25, 0.3) is 0 Å². The molecule has 0 spiro atoms. The summed E-state index contributed by atoms with van der Waals surface area (Å²) < 4.78 is 4.92. The Kier molecular flexibility index (Phi) is 4.45. The van der Waals surface area contributed by atoms with E-state index in [0.29, 0.717) is 6.42 Å². The summed E-state index contributed by atoms with van der Waals surface area (Å²) in [7, 11) is 1.40. The van der Waals surface area contributed by atoms with Crippen molar-refractivity contribution in [3.05, 3.63) is 23.9 Å². The van der Waals surface area contributed by atoms with Gasteiger partial charge in [0.15, 0.2) is 0 Å². The van der Waals surface area contributed by atoms with Crippen molar-refractivity contribution in [1.29, 1.82) is 0 Å². The van der Waals surface area contributed by atoms with Crippen LogP contribution in [0.15, 0.2) is 18.3 Å². The third-order valence-electron chi connectivity index (χ3n) is 2.22. The molecule has 0 aromatic carbocycles. The van der Waals surface area contributed by atoms with E-state index in [0.717, 1.165) is 0 Å². The zero-order valence-corrected chi connectivity index (χ0v) is 9.64. The molecular formula is C11H14N2O4. The second-order valence-electron chi connectivity index (χ2n) is 3.33. The van der Waals surface area contributed by atoms with Crippen molar-refractivity contribution >= 4 is 11.9 Å². The van der Waals surface area contributed by atoms with E-state index in [1.165, 1.54) is 19.4 Å². The lowest BCUT2D eigenvalue weighted by atomic mass is 10.2. The fourth-order valence-electron chi connectivity index (χ4n) is 1.30. The van der Waals surface area contributed by atoms with Crippen LogP contribution < -0.4 is 10.1 Å². The van der Waals surface area contributed by atoms with E-state index >= 15 is 0 Å². The summed E-state index contributed by atoms with van der Waals surface area (Å²) in [6, 6.07) is 2.20. The highest BCUT2D eigenvalue weighted by molar-refractivity contribution is 5.98. The maximum Gasteiger partial charge on any atom is 0.326 e. The molecule has 0 fully saturated rings. The number of aliphatic carboxylic acids is 1. The van der Waals surface area contributed by atoms with Crippen LogP contribution in [0, 0.1) is 0 Å². The van der Waals surface area contributed by atoms with E-state index < -0.39 is 17.9 Å². The second kappa shape index (κ2) is 5.83. The van der Waals surface area contributed by atoms with Crippen LogP contribution in [0.1, 0.15) is 23.7 Å². The number of aromatic nitrogens is 1. The van der Waals surface area contributed by atoms with Gasteiger partial charge in [-0.15, -0.1) is 0 Å². The molecule has 0 saturated carbocycles. The number of rotatable bonds is 5. The number of nitrogens with zero attached hydrogens (tertiary/aromatic N) is 1. The second-order valence-corrected chi connectivity index (χ2v) is 3.33. The Labute approximate surface area is 98.6 Å². The highest BCUT2D eigenvalue weighted by Crippen LogP contribution is 2.13. The van der Waals surface area contributed by atoms with Gasteiger partial charge < -0.3 is 15.2 Å². The molecule has 1 atom stereocenters. The summed E-state index contributed by atoms with van der Waals surface area (Å²) >= 11 is 0. The predicted octanol–water partition coefficient (Wildman–Crippen LogP) is 0.683. The first kappa shape index (κ1) is 13.0. The number of carbonyl (C=O) groups is 2. The summed E-state index contributed by atoms with van der Waals surface area (Å²) in [5, 5.41) is 11.2. The Morgan fingerprint density at radius 3 is 2.82 bits per heavy atom. The van der Waals surface area contributed by atoms with E-state index in [-0.39, 0.29) is 11.4 Å². The zero-order valence-electron chi connectivity index (χ0n) is 9.64. The first-order valence-corrected chi connectivity index (χ1v) is 5.12. The van der Waals surface area contributed by atoms with Crippen molar-refractivity contribution in [3.63, 3.8) is 0 Å². The molecule has 1 amide bonds. The van der Waals surface area contributed by atoms with Gasteiger partial charge in [-0.2, -0.15) is 0 Å². The van der Waals surface area contributed by atoms with Crippen LogP contribution in [-0.2, 0) is 4.79 Å². The molecule has 0 radical (unpaired) electrons. The molecule has 0 aliphatic carbocycles. The van der Waals surface area contributed by atoms with Crippen molar-refractivity contribution in [2.24, 2.45) is 0 Å². The Bertz CT molecular complexity index is 420. The number of carbonyl (C=O) groups excluding carboxylic acids is 1. The van der Waals surface area contributed by atoms with E-state index in [4.69, 9.17) is 9.84 Å². The molecule has 0 aliphatic heterocycles. The summed E-state index contributed by atoms with van der Waals surface area (Å²) in [6.45, 7) is 1.68. The number of amides is 1. The molecule has 17 heavy (non-hydrogen) atoms. The summed E-state index contributed by atoms with van der Waals surface area (Å²) in [6.07, 6.45) is 1.80. The van der Waals surface area contributed by atoms with Gasteiger partial charge in [0.25, 0.3) is 5.91 Å². The molecule has 0 aliphatic rings. The van der Waals surface area contributed by atoms with Gasteiger partial charge in [0.1, 0.15) is 11.6 Å². The van der Waals surface area contributed by atoms with E-state index in [2.05, 4.69) is 10.3 Å². The zero-order chi connectivity index (χ0) is 12.8. The predicted molar refractivity (Wildman–Crippen MR) is 60.0 cm³/mol. The minimum absolute atomic E-state index is 0.172. The number of hydrogen-bond acceptors (Lipinski definition) is 4. The molecule has 0 bridgehead atoms. The molecule has 1 aromatic heterocycles. The van der Waals surface area contributed by atoms with Crippen molar-refractivity contribution in [1.82, 2.24) is 10.3 Å². The van der Waals surface area contributed by atoms with Gasteiger partial charge in [0.2, 0.25) is 5.88 Å². The maximum absolute atomic E-state index is 11.8. The Balaban J connectivity index is 2.86. The van der Waals surface area contributed by atoms with Crippen molar-refractivity contribution in [3.8, 4) is 5.88 Å². The standard InChI is InChI=1S/C11H14N2O4/c1-3-8(11(15)16)13-9(14)7-5-4-6-12-10(7)17-2/h4-6,8H,3H2,1-2H3,(H,13,14)(H,15,16). The van der Waals surface area contributed by atoms with E-state index in [1.807, 2.05) is 0 Å². The number of nitrogens with one attached hydrogen (secondary N) is 1. The number of pyridine rings is 1. The van der Waals surface area contributed by atoms with Crippen molar-refractivity contribution in [2.45, 2.75) is 19.4 Å². The molecule has 6 nitrogen and oxygen atoms in total. The van der Waals surface area contributed by atoms with Crippen LogP contribution in [0.5, 0.6) is 5.88 Å². The number of carboxylic acid groups (broad SMARTS) is 1. The number of carboxylic acids is 1. The quantitative estimate of drug-likeness (QED) is 0.787. The molecule has 1 rings (SSSR count). The van der Waals surface area contributed by atoms with Gasteiger partial charge in [0, 0.05) is 6.20 Å². The summed E-state index contributed by atoms with van der Waals surface area (Å²) in [5.74, 6) is -1.40. The average Bonchev–Trinajstić information content (AvgIpc) is 2.35. The van der Waals surface area contributed by atoms with Gasteiger partial charge in [-0.05, 0) is 18.6 Å². The van der Waals surface area contributed by atoms with Crippen molar-refractivity contribution < 1.29 is 19.4 Å². The SMILES string of the molecule is CCC(NC(=O)c1cccnc1OC)C(=O)O. The lowest BCUT2D eigenvalue weighted by Crippen LogP contribution is -2.40. The smallest absolute Gasteiger partial charge is 0.326 e. The van der Waals surface area contributed by atoms with Gasteiger partial charge in [-0.1, -0.05) is 6.92 Å². The molecule has 92 valence electrons. The Morgan fingerprint density at radius 1 is 1.59 bits per heavy atom. The highest BCUT2D eigenvalue weighted by Gasteiger charge is 2.20. The lowest BCUT2D eigenvalue weighted by molar-refractivity contribution is -0.139. The first-order valence-electron chi connectivity index (χ1n) is 5.12. The van der Waals surface area contributed by atoms with Gasteiger partial charge in [-0.25, -0.2) is 9.78 Å². The highest BCUT2D eigenvalue weighted by atomic mass is 16.5. The fraction of sp³-hybridized carbons (Fsp3) is 0.364. The minimum atomic E-state index is -1.07. The third kappa shape index (κ3) is 3.17. The largest absolute Gasteiger partial charge is 0.480 e. The topological polar surface area (TPSA) is 88.5 Å². The van der Waals surface area contributed by atoms with Crippen molar-refractivity contribution in [2.75, 3.05) is 7.11 Å². The number of methoxy groups -OCH3 is 1. The lowest BCUT2D eigenvalue weighted by Gasteiger charge is -2.13. The number of hydrogen-bond donors (Lipinski definition) is 2. The first-order chi connectivity index (χ1) is 8.10. The van der Waals surface area contributed by atoms with Crippen LogP contribution in [0.2, 0.25) is 0 Å². The van der Waals surface area contributed by atoms with Crippen LogP contribution in [0.4, 0.5) is 0 Å². The third-order valence-corrected chi connectivity index (χ3v) is 2.22. The molecule has 6 heteroatoms. The van der Waals surface area contributed by atoms with Crippen LogP contribution >= 0.6 is 0 Å². The van der Waals surface area contributed by atoms with Crippen LogP contribution in [0.3, 0.4) is 0 Å². The Hall–Kier alpha value is -2.11. The summed E-state index contributed by atoms with van der Waals surface area (Å²) in [4.78, 5) is 26.5. The fourth-order valence-corrected chi connectivity index (χ4v) is 1.30. The van der Waals surface area contributed by atoms with Gasteiger partial charge >= 0.3 is 5.97 Å². The molecule has 2 N–H and O–H groups in total. The average molecular weight is 238 g/mol. The number of ether oxygens (including phenoxy) is 1. The summed E-state index contributed by atoms with van der Waals surface area (Å²) in [5.41, 5.74) is 0.217. The molecule has 0 saturated heterocycles. The van der Waals surface area contributed by atoms with Crippen LogP contribution in [-0.4, -0.2) is 35.1 Å². The van der Waals surface area contributed by atoms with E-state index in [9.17, 15) is 9.59 Å². The molecular weight excluding hydrogens is 224 g/mol. The van der Waals surface area contributed by atoms with E-state index in [1.54, 1.807) is 13.0 Å². The van der Waals surface area contributed by atoms with Gasteiger partial charge in [-0.3, -0.25) is 4.79 Å². The maximum atomic E-state index is 11.8. The molecule has 1 unspecified atom stereocenters. The molecule has 1 heterocycles. The molecule has 1 aromatic rings. The normalized spacial score (nSPS) is 11.6. The minimum Gasteiger partial charge on any atom is -0.480 e.